The summed E-state index contributed by atoms with van der Waals surface area (Å²) < 4.78 is 58.2. The van der Waals surface area contributed by atoms with E-state index in [4.69, 9.17) is 16.4 Å². The molecule has 0 aliphatic heterocycles. The van der Waals surface area contributed by atoms with E-state index in [9.17, 15) is 27.5 Å². The Morgan fingerprint density at radius 3 is 2.43 bits per heavy atom. The lowest BCUT2D eigenvalue weighted by molar-refractivity contribution is -0.144. The van der Waals surface area contributed by atoms with Crippen LogP contribution in [0.2, 0.25) is 5.02 Å². The van der Waals surface area contributed by atoms with Gasteiger partial charge in [-0.3, -0.25) is 14.3 Å². The Kier molecular flexibility index (Phi) is 8.10. The van der Waals surface area contributed by atoms with E-state index in [0.29, 0.717) is 29.9 Å². The van der Waals surface area contributed by atoms with E-state index in [-0.39, 0.29) is 53.6 Å². The van der Waals surface area contributed by atoms with Crippen LogP contribution in [-0.2, 0) is 23.6 Å². The number of rotatable bonds is 5. The molecule has 6 rings (SSSR count). The van der Waals surface area contributed by atoms with Crippen molar-refractivity contribution in [2.45, 2.75) is 68.7 Å². The minimum absolute atomic E-state index is 0.0121. The molecular formula is C28H31ClF4N6O3. The van der Waals surface area contributed by atoms with Crippen LogP contribution in [0.5, 0.6) is 0 Å². The summed E-state index contributed by atoms with van der Waals surface area (Å²) in [6.45, 7) is 0. The van der Waals surface area contributed by atoms with Gasteiger partial charge >= 0.3 is 6.18 Å². The van der Waals surface area contributed by atoms with Gasteiger partial charge in [-0.25, -0.2) is 9.37 Å². The molecule has 3 fully saturated rings. The van der Waals surface area contributed by atoms with Crippen LogP contribution in [-0.4, -0.2) is 36.8 Å². The molecule has 2 unspecified atom stereocenters. The third kappa shape index (κ3) is 5.63. The summed E-state index contributed by atoms with van der Waals surface area (Å²) in [6.07, 6.45) is 2.72. The molecular weight excluding hydrogens is 580 g/mol. The maximum absolute atomic E-state index is 13.9. The number of primary amides is 1. The molecule has 42 heavy (non-hydrogen) atoms. The largest absolute Gasteiger partial charge is 0.435 e. The van der Waals surface area contributed by atoms with Crippen molar-refractivity contribution < 1.29 is 32.3 Å². The predicted molar refractivity (Wildman–Crippen MR) is 145 cm³/mol. The van der Waals surface area contributed by atoms with E-state index < -0.39 is 29.2 Å². The van der Waals surface area contributed by atoms with Crippen LogP contribution < -0.4 is 11.1 Å². The quantitative estimate of drug-likeness (QED) is 0.267. The number of nitrogens with one attached hydrogen (secondary N) is 1. The topological polar surface area (TPSA) is 128 Å². The van der Waals surface area contributed by atoms with Crippen LogP contribution >= 0.6 is 11.6 Å². The number of amides is 2. The third-order valence-electron chi connectivity index (χ3n) is 8.74. The molecule has 2 atom stereocenters. The molecule has 0 radical (unpaired) electrons. The van der Waals surface area contributed by atoms with E-state index in [1.807, 2.05) is 0 Å². The molecule has 226 valence electrons. The van der Waals surface area contributed by atoms with Gasteiger partial charge in [0.05, 0.1) is 28.7 Å². The number of alkyl halides is 3. The van der Waals surface area contributed by atoms with Gasteiger partial charge in [-0.15, -0.1) is 0 Å². The second-order valence-electron chi connectivity index (χ2n) is 11.4. The average Bonchev–Trinajstić information content (AvgIpc) is 3.62. The van der Waals surface area contributed by atoms with Crippen molar-refractivity contribution in [2.75, 3.05) is 5.32 Å². The summed E-state index contributed by atoms with van der Waals surface area (Å²) in [6, 6.07) is 3.86. The van der Waals surface area contributed by atoms with Crippen molar-refractivity contribution in [1.29, 1.82) is 0 Å². The van der Waals surface area contributed by atoms with Crippen molar-refractivity contribution in [1.82, 2.24) is 19.3 Å². The zero-order valence-corrected chi connectivity index (χ0v) is 23.5. The van der Waals surface area contributed by atoms with Gasteiger partial charge in [0.25, 0.3) is 5.91 Å². The molecule has 14 heteroatoms. The summed E-state index contributed by atoms with van der Waals surface area (Å²) in [5, 5.41) is 18.0. The molecule has 0 saturated heterocycles. The van der Waals surface area contributed by atoms with Crippen LogP contribution in [0.4, 0.5) is 23.2 Å². The number of halogens is 5. The Hall–Kier alpha value is -3.45. The average molecular weight is 611 g/mol. The molecule has 2 aromatic heterocycles. The van der Waals surface area contributed by atoms with E-state index in [2.05, 4.69) is 21.1 Å². The number of aromatic nitrogens is 4. The Balaban J connectivity index is 0.00000113. The van der Waals surface area contributed by atoms with Gasteiger partial charge in [0.1, 0.15) is 11.5 Å². The SMILES string of the molecule is Cn1cnc(C2CC3CC(O)(c4cn(C5CCC5)nc4C(F)(F)F)CC3C2)c1C(=O)Nc1ccc(F)c(Cl)c1.NC=O. The van der Waals surface area contributed by atoms with Gasteiger partial charge in [-0.2, -0.15) is 18.3 Å². The van der Waals surface area contributed by atoms with Crippen molar-refractivity contribution in [2.24, 2.45) is 24.6 Å². The first-order valence-corrected chi connectivity index (χ1v) is 14.0. The second-order valence-corrected chi connectivity index (χ2v) is 11.8. The molecule has 3 aromatic rings. The van der Waals surface area contributed by atoms with Crippen LogP contribution in [0, 0.1) is 17.7 Å². The van der Waals surface area contributed by atoms with Crippen molar-refractivity contribution >= 4 is 29.6 Å². The molecule has 2 heterocycles. The summed E-state index contributed by atoms with van der Waals surface area (Å²) in [5.41, 5.74) is 2.77. The molecule has 1 aromatic carbocycles. The maximum atomic E-state index is 13.9. The number of hydrogen-bond acceptors (Lipinski definition) is 5. The molecule has 0 spiro atoms. The zero-order valence-electron chi connectivity index (χ0n) is 22.7. The molecule has 0 bridgehead atoms. The molecule has 3 aliphatic carbocycles. The van der Waals surface area contributed by atoms with Gasteiger partial charge < -0.3 is 20.7 Å². The number of benzene rings is 1. The Labute approximate surface area is 244 Å². The minimum atomic E-state index is -4.65. The fraction of sp³-hybridized carbons (Fsp3) is 0.500. The Bertz CT molecular complexity index is 1470. The number of hydrogen-bond donors (Lipinski definition) is 3. The third-order valence-corrected chi connectivity index (χ3v) is 9.03. The zero-order chi connectivity index (χ0) is 30.4. The van der Waals surface area contributed by atoms with Gasteiger partial charge in [0.2, 0.25) is 6.41 Å². The van der Waals surface area contributed by atoms with Gasteiger partial charge in [-0.05, 0) is 75.0 Å². The van der Waals surface area contributed by atoms with Crippen LogP contribution in [0.25, 0.3) is 0 Å². The lowest BCUT2D eigenvalue weighted by Crippen LogP contribution is -2.26. The van der Waals surface area contributed by atoms with E-state index >= 15 is 0 Å². The Morgan fingerprint density at radius 1 is 1.24 bits per heavy atom. The highest BCUT2D eigenvalue weighted by Gasteiger charge is 2.54. The Morgan fingerprint density at radius 2 is 1.88 bits per heavy atom. The van der Waals surface area contributed by atoms with Crippen molar-refractivity contribution in [3.05, 3.63) is 64.2 Å². The number of carbonyl (C=O) groups is 2. The molecule has 2 amide bonds. The van der Waals surface area contributed by atoms with Crippen LogP contribution in [0.15, 0.2) is 30.7 Å². The van der Waals surface area contributed by atoms with Crippen LogP contribution in [0.3, 0.4) is 0 Å². The van der Waals surface area contributed by atoms with Gasteiger partial charge in [0.15, 0.2) is 5.69 Å². The van der Waals surface area contributed by atoms with E-state index in [1.165, 1.54) is 29.1 Å². The summed E-state index contributed by atoms with van der Waals surface area (Å²) in [7, 11) is 1.70. The van der Waals surface area contributed by atoms with E-state index in [0.717, 1.165) is 19.3 Å². The normalized spacial score (nSPS) is 25.4. The molecule has 9 nitrogen and oxygen atoms in total. The first-order valence-electron chi connectivity index (χ1n) is 13.7. The fourth-order valence-electron chi connectivity index (χ4n) is 6.67. The van der Waals surface area contributed by atoms with Gasteiger partial charge in [-0.1, -0.05) is 11.6 Å². The maximum Gasteiger partial charge on any atom is 0.435 e. The number of nitrogens with two attached hydrogens (primary N) is 1. The van der Waals surface area contributed by atoms with E-state index in [1.54, 1.807) is 17.9 Å². The number of imidazole rings is 1. The summed E-state index contributed by atoms with van der Waals surface area (Å²) in [5.74, 6) is -1.11. The molecule has 3 saturated carbocycles. The lowest BCUT2D eigenvalue weighted by Gasteiger charge is -2.26. The number of aliphatic hydroxyl groups is 1. The van der Waals surface area contributed by atoms with Crippen LogP contribution in [0.1, 0.15) is 84.3 Å². The van der Waals surface area contributed by atoms with Crippen molar-refractivity contribution in [3.8, 4) is 0 Å². The first kappa shape index (κ1) is 30.0. The lowest BCUT2D eigenvalue weighted by atomic mass is 9.87. The smallest absolute Gasteiger partial charge is 0.385 e. The minimum Gasteiger partial charge on any atom is -0.385 e. The fourth-order valence-corrected chi connectivity index (χ4v) is 6.85. The number of fused-ring (bicyclic) bond motifs is 1. The standard InChI is InChI=1S/C27H28ClF4N5O2.CH3NO/c1-36-13-33-22(23(36)25(38)34-17-5-6-21(29)20(28)9-17)14-7-15-10-26(39,11-16(15)8-14)19-12-37(18-3-2-4-18)35-24(19)27(30,31)32;2-1-3/h5-6,9,12-16,18,39H,2-4,7-8,10-11H2,1H3,(H,34,38);1H,(H2,2,3). The number of anilines is 1. The summed E-state index contributed by atoms with van der Waals surface area (Å²) in [4.78, 5) is 26.2. The highest BCUT2D eigenvalue weighted by atomic mass is 35.5. The number of aryl methyl sites for hydroxylation is 1. The van der Waals surface area contributed by atoms with Gasteiger partial charge in [0, 0.05) is 30.4 Å². The summed E-state index contributed by atoms with van der Waals surface area (Å²) >= 11 is 5.84. The van der Waals surface area contributed by atoms with Crippen molar-refractivity contribution in [3.63, 3.8) is 0 Å². The monoisotopic (exact) mass is 610 g/mol. The molecule has 4 N–H and O–H groups in total. The highest BCUT2D eigenvalue weighted by Crippen LogP contribution is 2.58. The predicted octanol–water partition coefficient (Wildman–Crippen LogP) is 5.30. The first-order chi connectivity index (χ1) is 19.8. The molecule has 3 aliphatic rings. The second kappa shape index (κ2) is 11.3. The number of carbonyl (C=O) groups excluding carboxylic acids is 2. The highest BCUT2D eigenvalue weighted by molar-refractivity contribution is 6.31. The number of nitrogens with zero attached hydrogens (tertiary/aromatic N) is 4.